The van der Waals surface area contributed by atoms with Crippen molar-refractivity contribution in [2.24, 2.45) is 0 Å². The molecule has 1 amide bonds. The summed E-state index contributed by atoms with van der Waals surface area (Å²) in [4.78, 5) is 19.1. The molecule has 0 aliphatic rings. The molecule has 0 bridgehead atoms. The average molecular weight is 468 g/mol. The first kappa shape index (κ1) is 22.1. The van der Waals surface area contributed by atoms with Crippen molar-refractivity contribution < 1.29 is 4.79 Å². The van der Waals surface area contributed by atoms with Crippen LogP contribution in [0.2, 0.25) is 10.0 Å². The third kappa shape index (κ3) is 4.56. The number of anilines is 1. The Labute approximate surface area is 196 Å². The maximum Gasteiger partial charge on any atom is 0.253 e. The van der Waals surface area contributed by atoms with Crippen LogP contribution >= 0.6 is 23.2 Å². The highest BCUT2D eigenvalue weighted by Gasteiger charge is 2.14. The summed E-state index contributed by atoms with van der Waals surface area (Å²) in [6.45, 7) is 5.83. The summed E-state index contributed by atoms with van der Waals surface area (Å²) in [6, 6.07) is 16.8. The van der Waals surface area contributed by atoms with Crippen LogP contribution in [-0.4, -0.2) is 38.5 Å². The van der Waals surface area contributed by atoms with Crippen LogP contribution < -0.4 is 5.32 Å². The van der Waals surface area contributed by atoms with Crippen LogP contribution in [-0.2, 0) is 6.54 Å². The van der Waals surface area contributed by atoms with Crippen LogP contribution in [0, 0.1) is 0 Å². The Balaban J connectivity index is 1.62. The molecule has 0 fully saturated rings. The van der Waals surface area contributed by atoms with Gasteiger partial charge in [0.2, 0.25) is 0 Å². The molecule has 8 heteroatoms. The van der Waals surface area contributed by atoms with Crippen molar-refractivity contribution in [2.45, 2.75) is 20.4 Å². The largest absolute Gasteiger partial charge is 0.366 e. The first-order valence-electron chi connectivity index (χ1n) is 10.4. The normalized spacial score (nSPS) is 11.0. The van der Waals surface area contributed by atoms with Crippen LogP contribution in [0.3, 0.4) is 0 Å². The highest BCUT2D eigenvalue weighted by Crippen LogP contribution is 2.25. The van der Waals surface area contributed by atoms with E-state index in [1.807, 2.05) is 62.4 Å². The molecule has 2 aromatic carbocycles. The van der Waals surface area contributed by atoms with Crippen LogP contribution in [0.4, 0.5) is 5.82 Å². The molecule has 2 aromatic heterocycles. The molecule has 0 spiro atoms. The predicted octanol–water partition coefficient (Wildman–Crippen LogP) is 5.80. The minimum atomic E-state index is 0.0305. The smallest absolute Gasteiger partial charge is 0.253 e. The topological polar surface area (TPSA) is 62.5 Å². The first-order valence-corrected chi connectivity index (χ1v) is 11.2. The summed E-state index contributed by atoms with van der Waals surface area (Å²) in [5, 5.41) is 8.96. The maximum absolute atomic E-state index is 12.6. The van der Waals surface area contributed by atoms with E-state index in [0.29, 0.717) is 35.2 Å². The summed E-state index contributed by atoms with van der Waals surface area (Å²) in [6.07, 6.45) is 1.71. The van der Waals surface area contributed by atoms with E-state index < -0.39 is 0 Å². The van der Waals surface area contributed by atoms with Gasteiger partial charge in [-0.1, -0.05) is 41.4 Å². The minimum absolute atomic E-state index is 0.0305. The Bertz CT molecular complexity index is 1250. The average Bonchev–Trinajstić information content (AvgIpc) is 3.28. The number of amides is 1. The molecular formula is C24H23Cl2N5O. The molecule has 4 rings (SSSR count). The molecule has 164 valence electrons. The molecule has 2 heterocycles. The number of nitrogens with zero attached hydrogens (tertiary/aromatic N) is 4. The number of rotatable bonds is 7. The summed E-state index contributed by atoms with van der Waals surface area (Å²) < 4.78 is 1.74. The molecule has 0 atom stereocenters. The first-order chi connectivity index (χ1) is 15.5. The van der Waals surface area contributed by atoms with Crippen LogP contribution in [0.25, 0.3) is 16.9 Å². The van der Waals surface area contributed by atoms with E-state index in [1.165, 1.54) is 0 Å². The molecule has 0 aliphatic heterocycles. The van der Waals surface area contributed by atoms with E-state index in [9.17, 15) is 4.79 Å². The van der Waals surface area contributed by atoms with Crippen molar-refractivity contribution in [3.05, 3.63) is 82.0 Å². The van der Waals surface area contributed by atoms with Gasteiger partial charge in [-0.05, 0) is 43.7 Å². The van der Waals surface area contributed by atoms with Crippen molar-refractivity contribution in [2.75, 3.05) is 18.4 Å². The second-order valence-corrected chi connectivity index (χ2v) is 8.12. The molecule has 0 radical (unpaired) electrons. The van der Waals surface area contributed by atoms with Crippen LogP contribution in [0.15, 0.2) is 60.8 Å². The van der Waals surface area contributed by atoms with Crippen LogP contribution in [0.1, 0.15) is 29.8 Å². The van der Waals surface area contributed by atoms with Crippen molar-refractivity contribution in [3.63, 3.8) is 0 Å². The zero-order chi connectivity index (χ0) is 22.7. The number of hydrogen-bond acceptors (Lipinski definition) is 4. The molecule has 32 heavy (non-hydrogen) atoms. The molecule has 0 saturated heterocycles. The molecule has 4 aromatic rings. The van der Waals surface area contributed by atoms with E-state index in [2.05, 4.69) is 10.4 Å². The Morgan fingerprint density at radius 1 is 1.03 bits per heavy atom. The third-order valence-electron chi connectivity index (χ3n) is 5.31. The molecule has 0 unspecified atom stereocenters. The van der Waals surface area contributed by atoms with Gasteiger partial charge in [0.1, 0.15) is 5.82 Å². The summed E-state index contributed by atoms with van der Waals surface area (Å²) >= 11 is 12.3. The van der Waals surface area contributed by atoms with E-state index in [0.717, 1.165) is 28.3 Å². The van der Waals surface area contributed by atoms with Gasteiger partial charge in [0.25, 0.3) is 5.91 Å². The fraction of sp³-hybridized carbons (Fsp3) is 0.208. The van der Waals surface area contributed by atoms with E-state index in [4.69, 9.17) is 28.2 Å². The van der Waals surface area contributed by atoms with Crippen molar-refractivity contribution >= 4 is 40.6 Å². The second-order valence-electron chi connectivity index (χ2n) is 7.27. The van der Waals surface area contributed by atoms with Gasteiger partial charge in [-0.25, -0.2) is 4.98 Å². The van der Waals surface area contributed by atoms with Gasteiger partial charge in [0, 0.05) is 52.9 Å². The lowest BCUT2D eigenvalue weighted by atomic mass is 10.1. The number of carbonyl (C=O) groups excluding carboxylic acids is 1. The van der Waals surface area contributed by atoms with Gasteiger partial charge in [-0.2, -0.15) is 9.61 Å². The van der Waals surface area contributed by atoms with Crippen molar-refractivity contribution in [1.29, 1.82) is 0 Å². The highest BCUT2D eigenvalue weighted by atomic mass is 35.5. The lowest BCUT2D eigenvalue weighted by Gasteiger charge is -2.18. The fourth-order valence-electron chi connectivity index (χ4n) is 3.51. The zero-order valence-corrected chi connectivity index (χ0v) is 19.4. The van der Waals surface area contributed by atoms with Crippen molar-refractivity contribution in [3.8, 4) is 11.3 Å². The van der Waals surface area contributed by atoms with Gasteiger partial charge < -0.3 is 10.2 Å². The molecule has 0 aliphatic carbocycles. The molecule has 1 N–H and O–H groups in total. The predicted molar refractivity (Wildman–Crippen MR) is 129 cm³/mol. The number of nitrogens with one attached hydrogen (secondary N) is 1. The van der Waals surface area contributed by atoms with E-state index >= 15 is 0 Å². The SMILES string of the molecule is CCN(CC)C(=O)c1ccc(-c2cc(NCc3ccc(Cl)cc3Cl)n3nccc3n2)cc1. The van der Waals surface area contributed by atoms with Gasteiger partial charge in [0.05, 0.1) is 11.9 Å². The lowest BCUT2D eigenvalue weighted by molar-refractivity contribution is 0.0773. The maximum atomic E-state index is 12.6. The number of fused-ring (bicyclic) bond motifs is 1. The lowest BCUT2D eigenvalue weighted by Crippen LogP contribution is -2.30. The zero-order valence-electron chi connectivity index (χ0n) is 17.8. The monoisotopic (exact) mass is 467 g/mol. The number of aromatic nitrogens is 3. The van der Waals surface area contributed by atoms with E-state index in [1.54, 1.807) is 21.7 Å². The highest BCUT2D eigenvalue weighted by molar-refractivity contribution is 6.35. The van der Waals surface area contributed by atoms with Crippen LogP contribution in [0.5, 0.6) is 0 Å². The Hall–Kier alpha value is -3.09. The standard InChI is InChI=1S/C24H23Cl2N5O/c1-3-30(4-2)24(32)17-7-5-16(6-8-17)21-14-23(31-22(29-21)11-12-28-31)27-15-18-9-10-19(25)13-20(18)26/h5-14,27H,3-4,15H2,1-2H3. The number of hydrogen-bond donors (Lipinski definition) is 1. The quantitative estimate of drug-likeness (QED) is 0.373. The fourth-order valence-corrected chi connectivity index (χ4v) is 3.99. The Morgan fingerprint density at radius 3 is 2.47 bits per heavy atom. The van der Waals surface area contributed by atoms with E-state index in [-0.39, 0.29) is 5.91 Å². The van der Waals surface area contributed by atoms with Gasteiger partial charge >= 0.3 is 0 Å². The number of carbonyl (C=O) groups is 1. The van der Waals surface area contributed by atoms with Gasteiger partial charge in [0.15, 0.2) is 5.65 Å². The third-order valence-corrected chi connectivity index (χ3v) is 5.90. The molecular weight excluding hydrogens is 445 g/mol. The molecule has 6 nitrogen and oxygen atoms in total. The van der Waals surface area contributed by atoms with Gasteiger partial charge in [-0.3, -0.25) is 4.79 Å². The molecule has 0 saturated carbocycles. The summed E-state index contributed by atoms with van der Waals surface area (Å²) in [5.41, 5.74) is 4.00. The van der Waals surface area contributed by atoms with Crippen molar-refractivity contribution in [1.82, 2.24) is 19.5 Å². The Kier molecular flexibility index (Phi) is 6.63. The summed E-state index contributed by atoms with van der Waals surface area (Å²) in [7, 11) is 0. The minimum Gasteiger partial charge on any atom is -0.366 e. The number of benzene rings is 2. The Morgan fingerprint density at radius 2 is 1.78 bits per heavy atom. The number of halogens is 2. The van der Waals surface area contributed by atoms with Gasteiger partial charge in [-0.15, -0.1) is 0 Å². The summed E-state index contributed by atoms with van der Waals surface area (Å²) in [5.74, 6) is 0.812. The second kappa shape index (κ2) is 9.59.